The maximum Gasteiger partial charge on any atom is 0.280 e. The van der Waals surface area contributed by atoms with Crippen LogP contribution in [-0.4, -0.2) is 17.7 Å². The number of hydrogen-bond donors (Lipinski definition) is 1. The van der Waals surface area contributed by atoms with Gasteiger partial charge in [0.2, 0.25) is 0 Å². The Hall–Kier alpha value is -1.55. The first-order valence-electron chi connectivity index (χ1n) is 10.3. The molecular weight excluding hydrogens is 360 g/mol. The fourth-order valence-electron chi connectivity index (χ4n) is 6.05. The molecule has 4 fully saturated rings. The number of carbonyl (C=O) groups excluding carboxylic acids is 1. The van der Waals surface area contributed by atoms with Gasteiger partial charge in [0, 0.05) is 16.1 Å². The molecule has 1 N–H and O–H groups in total. The molecule has 0 saturated heterocycles. The largest absolute Gasteiger partial charge is 0.481 e. The van der Waals surface area contributed by atoms with E-state index in [1.54, 1.807) is 25.1 Å². The summed E-state index contributed by atoms with van der Waals surface area (Å²) in [5, 5.41) is 5.21. The third-order valence-electron chi connectivity index (χ3n) is 6.76. The molecule has 4 saturated carbocycles. The van der Waals surface area contributed by atoms with Crippen LogP contribution in [0.15, 0.2) is 29.4 Å². The quantitative estimate of drug-likeness (QED) is 0.537. The summed E-state index contributed by atoms with van der Waals surface area (Å²) in [5.74, 6) is 2.98. The van der Waals surface area contributed by atoms with Crippen molar-refractivity contribution in [2.75, 3.05) is 0 Å². The first-order chi connectivity index (χ1) is 13.0. The number of nitrogens with zero attached hydrogens (tertiary/aromatic N) is 1. The Morgan fingerprint density at radius 1 is 1.26 bits per heavy atom. The highest BCUT2D eigenvalue weighted by Gasteiger charge is 2.52. The van der Waals surface area contributed by atoms with Crippen molar-refractivity contribution >= 4 is 23.2 Å². The Balaban J connectivity index is 1.42. The number of halogens is 1. The van der Waals surface area contributed by atoms with E-state index in [0.29, 0.717) is 10.8 Å². The molecule has 0 spiro atoms. The minimum atomic E-state index is -0.623. The topological polar surface area (TPSA) is 50.7 Å². The zero-order valence-corrected chi connectivity index (χ0v) is 17.0. The minimum absolute atomic E-state index is 0.217. The summed E-state index contributed by atoms with van der Waals surface area (Å²) in [5.41, 5.74) is 4.20. The lowest BCUT2D eigenvalue weighted by atomic mass is 9.48. The Morgan fingerprint density at radius 2 is 1.89 bits per heavy atom. The van der Waals surface area contributed by atoms with Crippen molar-refractivity contribution in [2.24, 2.45) is 28.3 Å². The van der Waals surface area contributed by atoms with Gasteiger partial charge in [0.05, 0.1) is 0 Å². The first-order valence-corrected chi connectivity index (χ1v) is 10.6. The zero-order valence-electron chi connectivity index (χ0n) is 16.2. The van der Waals surface area contributed by atoms with Crippen LogP contribution in [0.25, 0.3) is 0 Å². The van der Waals surface area contributed by atoms with Gasteiger partial charge in [0.1, 0.15) is 5.75 Å². The number of amides is 1. The molecule has 5 heteroatoms. The maximum absolute atomic E-state index is 12.5. The van der Waals surface area contributed by atoms with E-state index >= 15 is 0 Å². The molecule has 4 aliphatic rings. The molecule has 1 amide bonds. The summed E-state index contributed by atoms with van der Waals surface area (Å²) in [4.78, 5) is 12.5. The lowest BCUT2D eigenvalue weighted by Crippen LogP contribution is -2.50. The SMILES string of the molecule is CC/C(=N\NC(=O)[C@H](C)Oc1cccc(Cl)c1)C12CC3CC(CC(C3)C1)C2. The monoisotopic (exact) mass is 388 g/mol. The lowest BCUT2D eigenvalue weighted by Gasteiger charge is -2.57. The number of carbonyl (C=O) groups is 1. The van der Waals surface area contributed by atoms with Gasteiger partial charge in [-0.2, -0.15) is 5.10 Å². The van der Waals surface area contributed by atoms with Crippen LogP contribution in [0.3, 0.4) is 0 Å². The Bertz CT molecular complexity index is 710. The van der Waals surface area contributed by atoms with Crippen LogP contribution in [0.2, 0.25) is 5.02 Å². The van der Waals surface area contributed by atoms with Crippen LogP contribution < -0.4 is 10.2 Å². The van der Waals surface area contributed by atoms with Crippen LogP contribution in [0, 0.1) is 23.2 Å². The van der Waals surface area contributed by atoms with Gasteiger partial charge in [-0.05, 0) is 87.8 Å². The van der Waals surface area contributed by atoms with Crippen LogP contribution in [0.1, 0.15) is 58.8 Å². The summed E-state index contributed by atoms with van der Waals surface area (Å²) in [7, 11) is 0. The van der Waals surface area contributed by atoms with Gasteiger partial charge in [-0.3, -0.25) is 4.79 Å². The van der Waals surface area contributed by atoms with Gasteiger partial charge in [-0.15, -0.1) is 0 Å². The first kappa shape index (κ1) is 18.8. The van der Waals surface area contributed by atoms with Crippen LogP contribution in [0.5, 0.6) is 5.75 Å². The molecule has 4 nitrogen and oxygen atoms in total. The molecule has 0 aromatic heterocycles. The summed E-state index contributed by atoms with van der Waals surface area (Å²) in [6.45, 7) is 3.90. The van der Waals surface area contributed by atoms with E-state index in [9.17, 15) is 4.79 Å². The van der Waals surface area contributed by atoms with Crippen molar-refractivity contribution in [2.45, 2.75) is 64.9 Å². The summed E-state index contributed by atoms with van der Waals surface area (Å²) >= 11 is 5.98. The highest BCUT2D eigenvalue weighted by molar-refractivity contribution is 6.30. The summed E-state index contributed by atoms with van der Waals surface area (Å²) in [6.07, 6.45) is 8.28. The maximum atomic E-state index is 12.5. The van der Waals surface area contributed by atoms with Crippen molar-refractivity contribution in [1.82, 2.24) is 5.43 Å². The number of benzene rings is 1. The smallest absolute Gasteiger partial charge is 0.280 e. The summed E-state index contributed by atoms with van der Waals surface area (Å²) in [6, 6.07) is 7.10. The second-order valence-electron chi connectivity index (χ2n) is 8.80. The van der Waals surface area contributed by atoms with E-state index < -0.39 is 6.10 Å². The summed E-state index contributed by atoms with van der Waals surface area (Å²) < 4.78 is 5.71. The molecule has 0 aliphatic heterocycles. The minimum Gasteiger partial charge on any atom is -0.481 e. The van der Waals surface area contributed by atoms with E-state index in [1.165, 1.54) is 44.2 Å². The van der Waals surface area contributed by atoms with E-state index in [2.05, 4.69) is 17.5 Å². The Morgan fingerprint density at radius 3 is 2.44 bits per heavy atom. The Labute approximate surface area is 166 Å². The molecule has 1 aromatic carbocycles. The van der Waals surface area contributed by atoms with Crippen LogP contribution >= 0.6 is 11.6 Å². The standard InChI is InChI=1S/C22H29ClN2O2/c1-3-20(22-11-15-7-16(12-22)9-17(8-15)13-22)24-25-21(26)14(2)27-19-6-4-5-18(23)10-19/h4-6,10,14-17H,3,7-9,11-13H2,1-2H3,(H,25,26)/b24-20+/t14-,15?,16?,17?,22?/m0/s1. The number of ether oxygens (including phenoxy) is 1. The number of nitrogens with one attached hydrogen (secondary N) is 1. The molecule has 0 heterocycles. The second-order valence-corrected chi connectivity index (χ2v) is 9.24. The third-order valence-corrected chi connectivity index (χ3v) is 7.00. The average Bonchev–Trinajstić information content (AvgIpc) is 2.60. The lowest BCUT2D eigenvalue weighted by molar-refractivity contribution is -0.127. The molecule has 0 radical (unpaired) electrons. The van der Waals surface area contributed by atoms with Gasteiger partial charge in [-0.25, -0.2) is 5.43 Å². The highest BCUT2D eigenvalue weighted by Crippen LogP contribution is 2.60. The molecular formula is C22H29ClN2O2. The van der Waals surface area contributed by atoms with Gasteiger partial charge in [0.15, 0.2) is 6.10 Å². The van der Waals surface area contributed by atoms with Crippen molar-refractivity contribution in [3.63, 3.8) is 0 Å². The van der Waals surface area contributed by atoms with Crippen molar-refractivity contribution in [3.05, 3.63) is 29.3 Å². The fraction of sp³-hybridized carbons (Fsp3) is 0.636. The third kappa shape index (κ3) is 3.87. The zero-order chi connectivity index (χ0) is 19.0. The fourth-order valence-corrected chi connectivity index (χ4v) is 6.23. The van der Waals surface area contributed by atoms with E-state index in [0.717, 1.165) is 24.2 Å². The number of hydrazone groups is 1. The predicted molar refractivity (Wildman–Crippen MR) is 108 cm³/mol. The molecule has 27 heavy (non-hydrogen) atoms. The van der Waals surface area contributed by atoms with Crippen molar-refractivity contribution < 1.29 is 9.53 Å². The second kappa shape index (κ2) is 7.46. The molecule has 4 bridgehead atoms. The molecule has 1 atom stereocenters. The highest BCUT2D eigenvalue weighted by atomic mass is 35.5. The van der Waals surface area contributed by atoms with Gasteiger partial charge >= 0.3 is 0 Å². The average molecular weight is 389 g/mol. The molecule has 4 aliphatic carbocycles. The van der Waals surface area contributed by atoms with Gasteiger partial charge in [-0.1, -0.05) is 24.6 Å². The van der Waals surface area contributed by atoms with E-state index in [-0.39, 0.29) is 11.3 Å². The van der Waals surface area contributed by atoms with Crippen LogP contribution in [0.4, 0.5) is 0 Å². The Kier molecular flexibility index (Phi) is 5.19. The predicted octanol–water partition coefficient (Wildman–Crippen LogP) is 5.21. The van der Waals surface area contributed by atoms with Gasteiger partial charge < -0.3 is 4.74 Å². The number of hydrogen-bond acceptors (Lipinski definition) is 3. The molecule has 0 unspecified atom stereocenters. The number of rotatable bonds is 6. The molecule has 1 aromatic rings. The van der Waals surface area contributed by atoms with Crippen molar-refractivity contribution in [3.8, 4) is 5.75 Å². The molecule has 5 rings (SSSR count). The molecule has 146 valence electrons. The van der Waals surface area contributed by atoms with E-state index in [1.807, 2.05) is 6.07 Å². The van der Waals surface area contributed by atoms with Crippen molar-refractivity contribution in [1.29, 1.82) is 0 Å². The van der Waals surface area contributed by atoms with E-state index in [4.69, 9.17) is 16.3 Å². The van der Waals surface area contributed by atoms with Crippen LogP contribution in [-0.2, 0) is 4.79 Å². The van der Waals surface area contributed by atoms with Gasteiger partial charge in [0.25, 0.3) is 5.91 Å². The normalized spacial score (nSPS) is 33.0.